The summed E-state index contributed by atoms with van der Waals surface area (Å²) in [6.45, 7) is 10.1. The zero-order valence-electron chi connectivity index (χ0n) is 14.5. The second kappa shape index (κ2) is 7.64. The van der Waals surface area contributed by atoms with Crippen molar-refractivity contribution in [2.45, 2.75) is 59.0 Å². The summed E-state index contributed by atoms with van der Waals surface area (Å²) in [4.78, 5) is 24.5. The molecule has 1 saturated heterocycles. The van der Waals surface area contributed by atoms with Crippen LogP contribution in [0.15, 0.2) is 0 Å². The van der Waals surface area contributed by atoms with Gasteiger partial charge in [0, 0.05) is 6.92 Å². The van der Waals surface area contributed by atoms with Crippen molar-refractivity contribution >= 4 is 19.7 Å². The molecule has 1 amide bonds. The van der Waals surface area contributed by atoms with E-state index in [4.69, 9.17) is 18.5 Å². The van der Waals surface area contributed by atoms with E-state index in [0.717, 1.165) is 0 Å². The average Bonchev–Trinajstić information content (AvgIpc) is 3.10. The van der Waals surface area contributed by atoms with Crippen molar-refractivity contribution in [3.05, 3.63) is 0 Å². The van der Waals surface area contributed by atoms with Gasteiger partial charge in [0.15, 0.2) is 5.78 Å². The smallest absolute Gasteiger partial charge is 0.411 e. The molecule has 0 bridgehead atoms. The van der Waals surface area contributed by atoms with Gasteiger partial charge >= 0.3 is 19.7 Å². The van der Waals surface area contributed by atoms with Crippen LogP contribution in [0.2, 0.25) is 0 Å². The van der Waals surface area contributed by atoms with Gasteiger partial charge in [-0.3, -0.25) is 14.3 Å². The molecule has 0 radical (unpaired) electrons. The topological polar surface area (TPSA) is 91.1 Å². The molecule has 2 atom stereocenters. The Morgan fingerprint density at radius 2 is 1.65 bits per heavy atom. The van der Waals surface area contributed by atoms with Crippen molar-refractivity contribution in [3.63, 3.8) is 0 Å². The van der Waals surface area contributed by atoms with Crippen molar-refractivity contribution in [2.75, 3.05) is 19.8 Å². The first kappa shape index (κ1) is 19.9. The first-order chi connectivity index (χ1) is 10.6. The van der Waals surface area contributed by atoms with Crippen LogP contribution in [-0.2, 0) is 27.9 Å². The van der Waals surface area contributed by atoms with Crippen molar-refractivity contribution in [3.8, 4) is 0 Å². The molecule has 134 valence electrons. The van der Waals surface area contributed by atoms with E-state index in [1.54, 1.807) is 34.6 Å². The maximum atomic E-state index is 12.9. The maximum Gasteiger partial charge on any atom is 0.411 e. The highest BCUT2D eigenvalue weighted by molar-refractivity contribution is 7.55. The van der Waals surface area contributed by atoms with Crippen LogP contribution in [0.5, 0.6) is 0 Å². The summed E-state index contributed by atoms with van der Waals surface area (Å²) in [5.74, 6) is -1.29. The third-order valence-electron chi connectivity index (χ3n) is 2.90. The lowest BCUT2D eigenvalue weighted by molar-refractivity contribution is -0.141. The Balaban J connectivity index is 2.93. The van der Waals surface area contributed by atoms with E-state index in [9.17, 15) is 14.2 Å². The first-order valence-corrected chi connectivity index (χ1v) is 9.20. The average molecular weight is 351 g/mol. The summed E-state index contributed by atoms with van der Waals surface area (Å²) >= 11 is 0. The fourth-order valence-corrected chi connectivity index (χ4v) is 4.35. The van der Waals surface area contributed by atoms with Crippen LogP contribution in [0, 0.1) is 0 Å². The Bertz CT molecular complexity index is 478. The highest BCUT2D eigenvalue weighted by atomic mass is 31.2. The van der Waals surface area contributed by atoms with E-state index in [2.05, 4.69) is 0 Å². The zero-order valence-corrected chi connectivity index (χ0v) is 15.4. The van der Waals surface area contributed by atoms with Crippen LogP contribution in [0.1, 0.15) is 41.5 Å². The molecule has 0 aliphatic carbocycles. The van der Waals surface area contributed by atoms with Gasteiger partial charge in [0.05, 0.1) is 13.2 Å². The molecular formula is C14H26NO7P. The summed E-state index contributed by atoms with van der Waals surface area (Å²) in [5.41, 5.74) is -0.697. The summed E-state index contributed by atoms with van der Waals surface area (Å²) in [6.07, 6.45) is -0.640. The molecule has 0 aromatic heterocycles. The quantitative estimate of drug-likeness (QED) is 0.396. The monoisotopic (exact) mass is 351 g/mol. The van der Waals surface area contributed by atoms with Crippen LogP contribution in [-0.4, -0.2) is 54.2 Å². The fraction of sp³-hybridized carbons (Fsp3) is 0.857. The van der Waals surface area contributed by atoms with Gasteiger partial charge < -0.3 is 18.5 Å². The van der Waals surface area contributed by atoms with Crippen molar-refractivity contribution in [2.24, 2.45) is 0 Å². The Morgan fingerprint density at radius 3 is 2.04 bits per heavy atom. The van der Waals surface area contributed by atoms with Crippen LogP contribution >= 0.6 is 7.60 Å². The van der Waals surface area contributed by atoms with Gasteiger partial charge in [-0.1, -0.05) is 0 Å². The van der Waals surface area contributed by atoms with E-state index < -0.39 is 37.1 Å². The van der Waals surface area contributed by atoms with Gasteiger partial charge in [0.2, 0.25) is 0 Å². The van der Waals surface area contributed by atoms with E-state index >= 15 is 0 Å². The number of esters is 1. The highest BCUT2D eigenvalue weighted by Gasteiger charge is 2.64. The second-order valence-corrected chi connectivity index (χ2v) is 8.17. The van der Waals surface area contributed by atoms with Crippen molar-refractivity contribution in [1.82, 2.24) is 4.90 Å². The van der Waals surface area contributed by atoms with E-state index in [0.29, 0.717) is 0 Å². The minimum atomic E-state index is -3.54. The van der Waals surface area contributed by atoms with Crippen LogP contribution in [0.3, 0.4) is 0 Å². The Labute approximate surface area is 136 Å². The number of ether oxygens (including phenoxy) is 2. The zero-order chi connectivity index (χ0) is 17.8. The van der Waals surface area contributed by atoms with Gasteiger partial charge in [0.1, 0.15) is 18.2 Å². The Hall–Kier alpha value is -1.11. The van der Waals surface area contributed by atoms with Crippen molar-refractivity contribution < 1.29 is 32.7 Å². The molecule has 0 saturated carbocycles. The predicted molar refractivity (Wildman–Crippen MR) is 83.1 cm³/mol. The van der Waals surface area contributed by atoms with Crippen LogP contribution in [0.4, 0.5) is 4.79 Å². The Kier molecular flexibility index (Phi) is 6.62. The molecule has 1 heterocycles. The van der Waals surface area contributed by atoms with E-state index in [1.165, 1.54) is 11.8 Å². The van der Waals surface area contributed by atoms with Gasteiger partial charge in [0.25, 0.3) is 0 Å². The largest absolute Gasteiger partial charge is 0.464 e. The minimum Gasteiger partial charge on any atom is -0.464 e. The maximum absolute atomic E-state index is 12.9. The number of carbonyl (C=O) groups is 2. The highest BCUT2D eigenvalue weighted by Crippen LogP contribution is 2.63. The number of hydrogen-bond acceptors (Lipinski definition) is 7. The SMILES string of the molecule is CCOP(=O)(OCC)[C@H]1[C@@H](COC(C)=O)N1C(=O)OC(C)(C)C. The van der Waals surface area contributed by atoms with Crippen LogP contribution in [0.25, 0.3) is 0 Å². The van der Waals surface area contributed by atoms with Gasteiger partial charge in [-0.2, -0.15) is 0 Å². The van der Waals surface area contributed by atoms with Gasteiger partial charge in [-0.05, 0) is 34.6 Å². The number of carbonyl (C=O) groups excluding carboxylic acids is 2. The lowest BCUT2D eigenvalue weighted by Gasteiger charge is -2.21. The molecule has 1 rings (SSSR count). The third kappa shape index (κ3) is 5.48. The summed E-state index contributed by atoms with van der Waals surface area (Å²) < 4.78 is 33.7. The number of rotatable bonds is 7. The molecular weight excluding hydrogens is 325 g/mol. The summed E-state index contributed by atoms with van der Waals surface area (Å²) in [7, 11) is -3.54. The third-order valence-corrected chi connectivity index (χ3v) is 5.38. The lowest BCUT2D eigenvalue weighted by Crippen LogP contribution is -2.29. The van der Waals surface area contributed by atoms with Crippen molar-refractivity contribution in [1.29, 1.82) is 0 Å². The summed E-state index contributed by atoms with van der Waals surface area (Å²) in [5, 5.41) is 0. The molecule has 8 nitrogen and oxygen atoms in total. The molecule has 1 fully saturated rings. The second-order valence-electron chi connectivity index (χ2n) is 6.05. The fourth-order valence-electron chi connectivity index (χ4n) is 2.11. The van der Waals surface area contributed by atoms with E-state index in [1.807, 2.05) is 0 Å². The number of nitrogens with zero attached hydrogens (tertiary/aromatic N) is 1. The molecule has 0 N–H and O–H groups in total. The molecule has 1 aliphatic rings. The number of hydrogen-bond donors (Lipinski definition) is 0. The minimum absolute atomic E-state index is 0.0800. The first-order valence-electron chi connectivity index (χ1n) is 7.59. The van der Waals surface area contributed by atoms with Gasteiger partial charge in [-0.25, -0.2) is 4.79 Å². The molecule has 9 heteroatoms. The summed E-state index contributed by atoms with van der Waals surface area (Å²) in [6, 6.07) is -0.585. The Morgan fingerprint density at radius 1 is 1.13 bits per heavy atom. The van der Waals surface area contributed by atoms with E-state index in [-0.39, 0.29) is 19.8 Å². The predicted octanol–water partition coefficient (Wildman–Crippen LogP) is 2.76. The van der Waals surface area contributed by atoms with Gasteiger partial charge in [-0.15, -0.1) is 0 Å². The molecule has 0 spiro atoms. The molecule has 1 aliphatic heterocycles. The van der Waals surface area contributed by atoms with Crippen LogP contribution < -0.4 is 0 Å². The molecule has 0 aromatic carbocycles. The molecule has 23 heavy (non-hydrogen) atoms. The molecule has 0 unspecified atom stereocenters. The molecule has 0 aromatic rings. The lowest BCUT2D eigenvalue weighted by atomic mass is 10.2. The number of amides is 1. The standard InChI is InChI=1S/C14H26NO7P/c1-7-20-23(18,21-8-2)12-11(9-19-10(3)16)15(12)13(17)22-14(4,5)6/h11-12H,7-9H2,1-6H3/t11-,12+,15?/m1/s1. The normalized spacial score (nSPS) is 21.0.